The van der Waals surface area contributed by atoms with Crippen LogP contribution in [0.5, 0.6) is 0 Å². The number of amides is 2. The highest BCUT2D eigenvalue weighted by atomic mass is 16.2. The average Bonchev–Trinajstić information content (AvgIpc) is 3.18. The number of carbonyl (C=O) groups excluding carboxylic acids is 2. The molecule has 0 saturated carbocycles. The molecule has 0 radical (unpaired) electrons. The van der Waals surface area contributed by atoms with E-state index in [0.29, 0.717) is 5.69 Å². The molecule has 2 aromatic rings. The Kier molecular flexibility index (Phi) is 4.73. The molecule has 1 aromatic carbocycles. The molecular weight excluding hydrogens is 352 g/mol. The van der Waals surface area contributed by atoms with Crippen molar-refractivity contribution in [2.24, 2.45) is 5.92 Å². The Labute approximate surface area is 166 Å². The maximum Gasteiger partial charge on any atom is 0.273 e. The maximum atomic E-state index is 13.4. The Morgan fingerprint density at radius 2 is 1.79 bits per heavy atom. The van der Waals surface area contributed by atoms with Gasteiger partial charge >= 0.3 is 0 Å². The Balaban J connectivity index is 1.58. The zero-order valence-corrected chi connectivity index (χ0v) is 17.1. The van der Waals surface area contributed by atoms with Crippen LogP contribution in [-0.4, -0.2) is 50.5 Å². The molecule has 0 aliphatic carbocycles. The molecule has 28 heavy (non-hydrogen) atoms. The first-order valence-electron chi connectivity index (χ1n) is 10.2. The van der Waals surface area contributed by atoms with E-state index in [1.54, 1.807) is 4.68 Å². The summed E-state index contributed by atoms with van der Waals surface area (Å²) in [5, 5.41) is 4.65. The zero-order valence-electron chi connectivity index (χ0n) is 17.1. The Hall–Kier alpha value is -2.63. The summed E-state index contributed by atoms with van der Waals surface area (Å²) in [6.07, 6.45) is 1.66. The predicted octanol–water partition coefficient (Wildman–Crippen LogP) is 3.34. The van der Waals surface area contributed by atoms with Crippen molar-refractivity contribution in [1.82, 2.24) is 19.6 Å². The number of hydrogen-bond acceptors (Lipinski definition) is 3. The van der Waals surface area contributed by atoms with E-state index in [-0.39, 0.29) is 29.8 Å². The SMILES string of the molecule is Cc1nn(-c2ccccc2)c2c1C(C)N(C1CCN(C(=O)C(C)C)CC1)C2=O. The third-order valence-corrected chi connectivity index (χ3v) is 6.04. The predicted molar refractivity (Wildman–Crippen MR) is 107 cm³/mol. The number of aromatic nitrogens is 2. The van der Waals surface area contributed by atoms with Crippen molar-refractivity contribution in [1.29, 1.82) is 0 Å². The zero-order chi connectivity index (χ0) is 20.0. The molecular formula is C22H28N4O2. The summed E-state index contributed by atoms with van der Waals surface area (Å²) in [5.41, 5.74) is 3.55. The molecule has 0 bridgehead atoms. The van der Waals surface area contributed by atoms with Crippen LogP contribution in [0, 0.1) is 12.8 Å². The van der Waals surface area contributed by atoms with Crippen LogP contribution in [0.1, 0.15) is 61.4 Å². The molecule has 1 aromatic heterocycles. The van der Waals surface area contributed by atoms with Gasteiger partial charge in [0.05, 0.1) is 17.4 Å². The van der Waals surface area contributed by atoms with Crippen LogP contribution in [0.15, 0.2) is 30.3 Å². The van der Waals surface area contributed by atoms with Gasteiger partial charge in [-0.15, -0.1) is 0 Å². The van der Waals surface area contributed by atoms with Gasteiger partial charge in [-0.05, 0) is 38.8 Å². The molecule has 1 saturated heterocycles. The second kappa shape index (κ2) is 7.08. The molecule has 1 atom stereocenters. The van der Waals surface area contributed by atoms with E-state index in [9.17, 15) is 9.59 Å². The Morgan fingerprint density at radius 1 is 1.14 bits per heavy atom. The Bertz CT molecular complexity index is 895. The third kappa shape index (κ3) is 2.91. The summed E-state index contributed by atoms with van der Waals surface area (Å²) >= 11 is 0. The fourth-order valence-electron chi connectivity index (χ4n) is 4.65. The largest absolute Gasteiger partial charge is 0.342 e. The van der Waals surface area contributed by atoms with Gasteiger partial charge in [-0.25, -0.2) is 4.68 Å². The van der Waals surface area contributed by atoms with E-state index in [2.05, 4.69) is 12.0 Å². The molecule has 4 rings (SSSR count). The first-order valence-corrected chi connectivity index (χ1v) is 10.2. The number of carbonyl (C=O) groups is 2. The maximum absolute atomic E-state index is 13.4. The van der Waals surface area contributed by atoms with Crippen LogP contribution in [0.2, 0.25) is 0 Å². The van der Waals surface area contributed by atoms with Gasteiger partial charge in [0.1, 0.15) is 5.69 Å². The van der Waals surface area contributed by atoms with Gasteiger partial charge in [0, 0.05) is 30.6 Å². The lowest BCUT2D eigenvalue weighted by Gasteiger charge is -2.39. The van der Waals surface area contributed by atoms with Crippen LogP contribution < -0.4 is 0 Å². The second-order valence-corrected chi connectivity index (χ2v) is 8.19. The standard InChI is InChI=1S/C22H28N4O2/c1-14(2)21(27)24-12-10-17(11-13-24)25-16(4)19-15(3)23-26(20(19)22(25)28)18-8-6-5-7-9-18/h5-9,14,16-17H,10-13H2,1-4H3. The minimum atomic E-state index is 0.0114. The number of para-hydroxylation sites is 1. The molecule has 3 heterocycles. The number of hydrogen-bond donors (Lipinski definition) is 0. The highest BCUT2D eigenvalue weighted by molar-refractivity contribution is 5.98. The first-order chi connectivity index (χ1) is 13.4. The number of nitrogens with zero attached hydrogens (tertiary/aromatic N) is 4. The fraction of sp³-hybridized carbons (Fsp3) is 0.500. The number of piperidine rings is 1. The highest BCUT2D eigenvalue weighted by Crippen LogP contribution is 2.39. The molecule has 148 valence electrons. The van der Waals surface area contributed by atoms with Crippen LogP contribution in [0.3, 0.4) is 0 Å². The fourth-order valence-corrected chi connectivity index (χ4v) is 4.65. The lowest BCUT2D eigenvalue weighted by Crippen LogP contribution is -2.48. The molecule has 0 N–H and O–H groups in total. The van der Waals surface area contributed by atoms with E-state index in [1.807, 2.05) is 60.9 Å². The summed E-state index contributed by atoms with van der Waals surface area (Å²) in [6.45, 7) is 9.40. The summed E-state index contributed by atoms with van der Waals surface area (Å²) in [7, 11) is 0. The van der Waals surface area contributed by atoms with Gasteiger partial charge in [-0.3, -0.25) is 9.59 Å². The Morgan fingerprint density at radius 3 is 2.39 bits per heavy atom. The quantitative estimate of drug-likeness (QED) is 0.821. The molecule has 6 heteroatoms. The summed E-state index contributed by atoms with van der Waals surface area (Å²) < 4.78 is 1.79. The van der Waals surface area contributed by atoms with E-state index >= 15 is 0 Å². The van der Waals surface area contributed by atoms with Crippen molar-refractivity contribution >= 4 is 11.8 Å². The molecule has 1 fully saturated rings. The highest BCUT2D eigenvalue weighted by Gasteiger charge is 2.44. The van der Waals surface area contributed by atoms with Gasteiger partial charge in [-0.2, -0.15) is 5.10 Å². The molecule has 2 aliphatic rings. The molecule has 1 unspecified atom stereocenters. The monoisotopic (exact) mass is 380 g/mol. The normalized spacial score (nSPS) is 20.2. The minimum absolute atomic E-state index is 0.0114. The topological polar surface area (TPSA) is 58.4 Å². The van der Waals surface area contributed by atoms with Gasteiger partial charge in [-0.1, -0.05) is 32.0 Å². The van der Waals surface area contributed by atoms with Crippen LogP contribution >= 0.6 is 0 Å². The summed E-state index contributed by atoms with van der Waals surface area (Å²) in [4.78, 5) is 29.7. The molecule has 2 amide bonds. The van der Waals surface area contributed by atoms with Crippen molar-refractivity contribution in [3.05, 3.63) is 47.3 Å². The first kappa shape index (κ1) is 18.7. The second-order valence-electron chi connectivity index (χ2n) is 8.19. The van der Waals surface area contributed by atoms with E-state index < -0.39 is 0 Å². The van der Waals surface area contributed by atoms with Crippen LogP contribution in [-0.2, 0) is 4.79 Å². The van der Waals surface area contributed by atoms with Gasteiger partial charge < -0.3 is 9.80 Å². The van der Waals surface area contributed by atoms with Crippen LogP contribution in [0.25, 0.3) is 5.69 Å². The lowest BCUT2D eigenvalue weighted by atomic mass is 10.00. The van der Waals surface area contributed by atoms with E-state index in [0.717, 1.165) is 42.9 Å². The number of rotatable bonds is 3. The number of likely N-dealkylation sites (tertiary alicyclic amines) is 1. The van der Waals surface area contributed by atoms with Crippen LogP contribution in [0.4, 0.5) is 0 Å². The molecule has 2 aliphatic heterocycles. The number of aryl methyl sites for hydroxylation is 1. The van der Waals surface area contributed by atoms with E-state index in [1.165, 1.54) is 0 Å². The minimum Gasteiger partial charge on any atom is -0.342 e. The molecule has 0 spiro atoms. The number of benzene rings is 1. The van der Waals surface area contributed by atoms with Crippen molar-refractivity contribution in [3.8, 4) is 5.69 Å². The summed E-state index contributed by atoms with van der Waals surface area (Å²) in [5.74, 6) is 0.284. The summed E-state index contributed by atoms with van der Waals surface area (Å²) in [6, 6.07) is 10.0. The van der Waals surface area contributed by atoms with Crippen molar-refractivity contribution in [2.75, 3.05) is 13.1 Å². The van der Waals surface area contributed by atoms with Gasteiger partial charge in [0.2, 0.25) is 5.91 Å². The number of fused-ring (bicyclic) bond motifs is 1. The van der Waals surface area contributed by atoms with Crippen molar-refractivity contribution < 1.29 is 9.59 Å². The van der Waals surface area contributed by atoms with Crippen molar-refractivity contribution in [2.45, 2.75) is 52.6 Å². The van der Waals surface area contributed by atoms with Gasteiger partial charge in [0.25, 0.3) is 5.91 Å². The smallest absolute Gasteiger partial charge is 0.273 e. The van der Waals surface area contributed by atoms with Gasteiger partial charge in [0.15, 0.2) is 0 Å². The average molecular weight is 380 g/mol. The third-order valence-electron chi connectivity index (χ3n) is 6.04. The van der Waals surface area contributed by atoms with E-state index in [4.69, 9.17) is 0 Å². The molecule has 6 nitrogen and oxygen atoms in total. The van der Waals surface area contributed by atoms with Crippen molar-refractivity contribution in [3.63, 3.8) is 0 Å². The lowest BCUT2D eigenvalue weighted by molar-refractivity contribution is -0.135.